The van der Waals surface area contributed by atoms with Crippen LogP contribution in [0.4, 0.5) is 20.5 Å². The number of nitrogens with zero attached hydrogens (tertiary/aromatic N) is 7. The number of hydrogen-bond acceptors (Lipinski definition) is 7. The van der Waals surface area contributed by atoms with Crippen LogP contribution < -0.4 is 10.1 Å². The largest absolute Gasteiger partial charge is 0.478 e. The van der Waals surface area contributed by atoms with Crippen molar-refractivity contribution in [2.45, 2.75) is 12.3 Å². The third kappa shape index (κ3) is 3.51. The Morgan fingerprint density at radius 2 is 1.97 bits per heavy atom. The van der Waals surface area contributed by atoms with Crippen LogP contribution in [0.2, 0.25) is 0 Å². The molecule has 1 atom stereocenters. The fraction of sp³-hybridized carbons (Fsp3) is 0.174. The van der Waals surface area contributed by atoms with Gasteiger partial charge in [0, 0.05) is 30.9 Å². The normalized spacial score (nSPS) is 14.9. The number of aryl methyl sites for hydroxylation is 1. The number of halogens is 2. The molecule has 0 bridgehead atoms. The molecular formula is C23H18F2N8O. The van der Waals surface area contributed by atoms with Gasteiger partial charge < -0.3 is 10.1 Å². The first-order chi connectivity index (χ1) is 16.5. The monoisotopic (exact) mass is 460 g/mol. The summed E-state index contributed by atoms with van der Waals surface area (Å²) in [6.07, 6.45) is 3.81. The zero-order valence-electron chi connectivity index (χ0n) is 18.0. The maximum Gasteiger partial charge on any atom is 0.228 e. The van der Waals surface area contributed by atoms with Gasteiger partial charge in [-0.3, -0.25) is 4.68 Å². The molecule has 0 saturated heterocycles. The first kappa shape index (κ1) is 20.2. The van der Waals surface area contributed by atoms with Crippen LogP contribution in [0.3, 0.4) is 0 Å². The summed E-state index contributed by atoms with van der Waals surface area (Å²) in [7, 11) is 1.82. The van der Waals surface area contributed by atoms with E-state index in [1.165, 1.54) is 6.07 Å². The number of rotatable bonds is 5. The van der Waals surface area contributed by atoms with E-state index < -0.39 is 11.6 Å². The molecule has 0 saturated carbocycles. The molecule has 6 rings (SSSR count). The third-order valence-electron chi connectivity index (χ3n) is 5.77. The van der Waals surface area contributed by atoms with Crippen molar-refractivity contribution in [2.24, 2.45) is 7.05 Å². The van der Waals surface area contributed by atoms with Crippen LogP contribution in [0.25, 0.3) is 16.9 Å². The number of pyridine rings is 1. The summed E-state index contributed by atoms with van der Waals surface area (Å²) < 4.78 is 36.5. The molecule has 0 radical (unpaired) electrons. The molecule has 1 N–H and O–H groups in total. The van der Waals surface area contributed by atoms with Crippen LogP contribution in [0.1, 0.15) is 17.3 Å². The zero-order chi connectivity index (χ0) is 23.2. The van der Waals surface area contributed by atoms with Gasteiger partial charge in [0.1, 0.15) is 18.2 Å². The van der Waals surface area contributed by atoms with E-state index in [9.17, 15) is 8.78 Å². The van der Waals surface area contributed by atoms with Crippen LogP contribution in [0.5, 0.6) is 5.88 Å². The second kappa shape index (κ2) is 7.87. The molecule has 0 unspecified atom stereocenters. The Morgan fingerprint density at radius 3 is 2.79 bits per heavy atom. The van der Waals surface area contributed by atoms with Crippen molar-refractivity contribution in [1.29, 1.82) is 0 Å². The number of hydrogen-bond donors (Lipinski definition) is 1. The summed E-state index contributed by atoms with van der Waals surface area (Å²) in [4.78, 5) is 8.89. The minimum absolute atomic E-state index is 0.146. The second-order valence-corrected chi connectivity index (χ2v) is 8.03. The zero-order valence-corrected chi connectivity index (χ0v) is 18.0. The maximum absolute atomic E-state index is 13.6. The predicted octanol–water partition coefficient (Wildman–Crippen LogP) is 3.66. The summed E-state index contributed by atoms with van der Waals surface area (Å²) in [6, 6.07) is 11.3. The maximum atomic E-state index is 13.6. The highest BCUT2D eigenvalue weighted by Gasteiger charge is 2.27. The third-order valence-corrected chi connectivity index (χ3v) is 5.77. The molecule has 0 amide bonds. The molecule has 1 aromatic carbocycles. The van der Waals surface area contributed by atoms with Gasteiger partial charge in [-0.1, -0.05) is 6.07 Å². The molecule has 34 heavy (non-hydrogen) atoms. The molecule has 5 aromatic rings. The lowest BCUT2D eigenvalue weighted by atomic mass is 9.98. The Hall–Kier alpha value is -4.41. The summed E-state index contributed by atoms with van der Waals surface area (Å²) in [5.41, 5.74) is 2.77. The molecule has 11 heteroatoms. The van der Waals surface area contributed by atoms with Crippen molar-refractivity contribution in [3.63, 3.8) is 0 Å². The van der Waals surface area contributed by atoms with E-state index in [-0.39, 0.29) is 5.92 Å². The molecule has 0 aliphatic carbocycles. The fourth-order valence-corrected chi connectivity index (χ4v) is 4.08. The Kier molecular flexibility index (Phi) is 4.68. The Morgan fingerprint density at radius 1 is 1.06 bits per heavy atom. The average Bonchev–Trinajstić information content (AvgIpc) is 3.45. The van der Waals surface area contributed by atoms with E-state index in [4.69, 9.17) is 4.74 Å². The van der Waals surface area contributed by atoms with Gasteiger partial charge in [-0.2, -0.15) is 5.10 Å². The highest BCUT2D eigenvalue weighted by Crippen LogP contribution is 2.33. The van der Waals surface area contributed by atoms with E-state index in [1.807, 2.05) is 29.6 Å². The first-order valence-corrected chi connectivity index (χ1v) is 10.6. The van der Waals surface area contributed by atoms with Gasteiger partial charge >= 0.3 is 0 Å². The summed E-state index contributed by atoms with van der Waals surface area (Å²) >= 11 is 0. The minimum atomic E-state index is -0.868. The van der Waals surface area contributed by atoms with Crippen molar-refractivity contribution >= 4 is 17.4 Å². The topological polar surface area (TPSA) is 95.1 Å². The van der Waals surface area contributed by atoms with Gasteiger partial charge in [0.15, 0.2) is 17.3 Å². The molecule has 0 spiro atoms. The van der Waals surface area contributed by atoms with Crippen molar-refractivity contribution in [2.75, 3.05) is 11.9 Å². The van der Waals surface area contributed by atoms with Crippen LogP contribution in [0.15, 0.2) is 54.9 Å². The van der Waals surface area contributed by atoms with Crippen LogP contribution in [-0.4, -0.2) is 41.0 Å². The SMILES string of the molecule is Cn1nccc1Nc1nccc(-c2cc3n4c(nnc4c2)[C@H](Cc2ccc(F)c(F)c2)CO3)n1. The summed E-state index contributed by atoms with van der Waals surface area (Å²) in [6.45, 7) is 0.341. The van der Waals surface area contributed by atoms with E-state index in [0.717, 1.165) is 17.4 Å². The predicted molar refractivity (Wildman–Crippen MR) is 119 cm³/mol. The van der Waals surface area contributed by atoms with E-state index in [1.54, 1.807) is 29.2 Å². The number of anilines is 2. The molecule has 5 heterocycles. The highest BCUT2D eigenvalue weighted by molar-refractivity contribution is 5.67. The second-order valence-electron chi connectivity index (χ2n) is 8.03. The first-order valence-electron chi connectivity index (χ1n) is 10.6. The van der Waals surface area contributed by atoms with Crippen molar-refractivity contribution in [3.05, 3.63) is 77.9 Å². The summed E-state index contributed by atoms with van der Waals surface area (Å²) in [5.74, 6) is 0.626. The van der Waals surface area contributed by atoms with Gasteiger partial charge in [0.2, 0.25) is 11.8 Å². The Bertz CT molecular complexity index is 1530. The quantitative estimate of drug-likeness (QED) is 0.428. The lowest BCUT2D eigenvalue weighted by Crippen LogP contribution is -2.22. The minimum Gasteiger partial charge on any atom is -0.478 e. The van der Waals surface area contributed by atoms with Crippen molar-refractivity contribution < 1.29 is 13.5 Å². The van der Waals surface area contributed by atoms with Crippen molar-refractivity contribution in [3.8, 4) is 17.1 Å². The molecule has 9 nitrogen and oxygen atoms in total. The molecule has 1 aliphatic rings. The molecular weight excluding hydrogens is 442 g/mol. The van der Waals surface area contributed by atoms with Gasteiger partial charge in [0.05, 0.1) is 17.8 Å². The number of ether oxygens (including phenoxy) is 1. The van der Waals surface area contributed by atoms with Crippen LogP contribution >= 0.6 is 0 Å². The Balaban J connectivity index is 1.31. The standard InChI is InChI=1S/C23H18F2N8O/c1-32-19(5-7-27-32)29-23-26-6-4-18(28-23)14-10-20-30-31-22-15(12-34-21(11-14)33(20)22)8-13-2-3-16(24)17(25)9-13/h2-7,9-11,15H,8,12H2,1H3,(H,26,28,29)/t15-/m1/s1. The van der Waals surface area contributed by atoms with Gasteiger partial charge in [0.25, 0.3) is 0 Å². The lowest BCUT2D eigenvalue weighted by molar-refractivity contribution is 0.245. The van der Waals surface area contributed by atoms with Gasteiger partial charge in [-0.05, 0) is 36.2 Å². The number of nitrogens with one attached hydrogen (secondary N) is 1. The summed E-state index contributed by atoms with van der Waals surface area (Å²) in [5, 5.41) is 16.0. The molecule has 1 aliphatic heterocycles. The van der Waals surface area contributed by atoms with E-state index >= 15 is 0 Å². The molecule has 0 fully saturated rings. The van der Waals surface area contributed by atoms with Crippen molar-refractivity contribution in [1.82, 2.24) is 34.3 Å². The number of aromatic nitrogens is 7. The smallest absolute Gasteiger partial charge is 0.228 e. The molecule has 170 valence electrons. The van der Waals surface area contributed by atoms with Crippen LogP contribution in [0, 0.1) is 11.6 Å². The van der Waals surface area contributed by atoms with E-state index in [2.05, 4.69) is 30.6 Å². The highest BCUT2D eigenvalue weighted by atomic mass is 19.2. The van der Waals surface area contributed by atoms with Gasteiger partial charge in [-0.25, -0.2) is 23.1 Å². The van der Waals surface area contributed by atoms with E-state index in [0.29, 0.717) is 47.6 Å². The van der Waals surface area contributed by atoms with Gasteiger partial charge in [-0.15, -0.1) is 10.2 Å². The average molecular weight is 460 g/mol. The fourth-order valence-electron chi connectivity index (χ4n) is 4.08. The number of benzene rings is 1. The molecule has 4 aromatic heterocycles. The lowest BCUT2D eigenvalue weighted by Gasteiger charge is -2.23. The Labute approximate surface area is 192 Å². The van der Waals surface area contributed by atoms with Crippen LogP contribution in [-0.2, 0) is 13.5 Å².